The standard InChI is InChI=1S/C26H25O3P/c27-30(26-12-2-1-3-13-26,28-24-16-14-20-8-4-6-10-22(20)18-24)29-25-17-15-21-9-5-7-11-23(21)19-25/h4-11,14-19,26H,1-3,12-13H2. The smallest absolute Gasteiger partial charge is 0.416 e. The third-order valence-electron chi connectivity index (χ3n) is 5.93. The van der Waals surface area contributed by atoms with E-state index in [2.05, 4.69) is 12.1 Å². The molecule has 0 aromatic heterocycles. The van der Waals surface area contributed by atoms with Crippen molar-refractivity contribution in [1.82, 2.24) is 0 Å². The van der Waals surface area contributed by atoms with E-state index in [9.17, 15) is 4.57 Å². The molecule has 4 aromatic rings. The molecular weight excluding hydrogens is 391 g/mol. The first-order valence-electron chi connectivity index (χ1n) is 10.7. The molecule has 4 heteroatoms. The van der Waals surface area contributed by atoms with E-state index in [0.29, 0.717) is 11.5 Å². The van der Waals surface area contributed by atoms with Crippen molar-refractivity contribution in [2.24, 2.45) is 0 Å². The van der Waals surface area contributed by atoms with E-state index < -0.39 is 7.60 Å². The third-order valence-corrected chi connectivity index (χ3v) is 8.27. The van der Waals surface area contributed by atoms with E-state index in [1.54, 1.807) is 0 Å². The van der Waals surface area contributed by atoms with Gasteiger partial charge in [-0.15, -0.1) is 0 Å². The van der Waals surface area contributed by atoms with Crippen LogP contribution < -0.4 is 9.05 Å². The van der Waals surface area contributed by atoms with Crippen LogP contribution in [0.5, 0.6) is 11.5 Å². The molecule has 0 radical (unpaired) electrons. The number of rotatable bonds is 5. The molecule has 0 N–H and O–H groups in total. The summed E-state index contributed by atoms with van der Waals surface area (Å²) < 4.78 is 26.5. The highest BCUT2D eigenvalue weighted by Crippen LogP contribution is 2.57. The molecule has 5 rings (SSSR count). The summed E-state index contributed by atoms with van der Waals surface area (Å²) in [6.45, 7) is 0. The van der Waals surface area contributed by atoms with Gasteiger partial charge in [0.05, 0.1) is 5.66 Å². The van der Waals surface area contributed by atoms with Crippen molar-refractivity contribution in [2.75, 3.05) is 0 Å². The van der Waals surface area contributed by atoms with Crippen LogP contribution in [0.25, 0.3) is 21.5 Å². The highest BCUT2D eigenvalue weighted by atomic mass is 31.2. The first kappa shape index (κ1) is 19.2. The molecule has 0 atom stereocenters. The molecule has 30 heavy (non-hydrogen) atoms. The van der Waals surface area contributed by atoms with Crippen LogP contribution in [-0.4, -0.2) is 5.66 Å². The van der Waals surface area contributed by atoms with Gasteiger partial charge in [0.25, 0.3) is 0 Å². The Hall–Kier alpha value is -2.77. The molecular formula is C26H25O3P. The second-order valence-corrected chi connectivity index (χ2v) is 10.2. The van der Waals surface area contributed by atoms with Crippen LogP contribution in [0.2, 0.25) is 0 Å². The van der Waals surface area contributed by atoms with Crippen LogP contribution >= 0.6 is 7.60 Å². The highest BCUT2D eigenvalue weighted by molar-refractivity contribution is 7.55. The summed E-state index contributed by atoms with van der Waals surface area (Å²) in [6, 6.07) is 27.9. The Kier molecular flexibility index (Phi) is 5.23. The zero-order chi connectivity index (χ0) is 20.4. The van der Waals surface area contributed by atoms with Gasteiger partial charge in [0.1, 0.15) is 11.5 Å². The number of benzene rings is 4. The average Bonchev–Trinajstić information content (AvgIpc) is 2.79. The van der Waals surface area contributed by atoms with Gasteiger partial charge < -0.3 is 9.05 Å². The van der Waals surface area contributed by atoms with Crippen LogP contribution in [0.3, 0.4) is 0 Å². The van der Waals surface area contributed by atoms with Crippen molar-refractivity contribution in [2.45, 2.75) is 37.8 Å². The van der Waals surface area contributed by atoms with Crippen molar-refractivity contribution in [1.29, 1.82) is 0 Å². The van der Waals surface area contributed by atoms with Gasteiger partial charge in [-0.1, -0.05) is 79.9 Å². The minimum absolute atomic E-state index is 0.0795. The Morgan fingerprint density at radius 3 is 1.57 bits per heavy atom. The van der Waals surface area contributed by atoms with E-state index in [4.69, 9.17) is 9.05 Å². The predicted molar refractivity (Wildman–Crippen MR) is 124 cm³/mol. The molecule has 0 aliphatic heterocycles. The fraction of sp³-hybridized carbons (Fsp3) is 0.231. The summed E-state index contributed by atoms with van der Waals surface area (Å²) in [5.74, 6) is 1.20. The molecule has 152 valence electrons. The van der Waals surface area contributed by atoms with E-state index in [1.807, 2.05) is 72.8 Å². The maximum absolute atomic E-state index is 14.1. The van der Waals surface area contributed by atoms with Crippen molar-refractivity contribution in [3.05, 3.63) is 84.9 Å². The molecule has 3 nitrogen and oxygen atoms in total. The molecule has 0 bridgehead atoms. The molecule has 0 amide bonds. The molecule has 1 saturated carbocycles. The Morgan fingerprint density at radius 1 is 0.600 bits per heavy atom. The maximum Gasteiger partial charge on any atom is 0.433 e. The molecule has 0 heterocycles. The van der Waals surface area contributed by atoms with Gasteiger partial charge in [0.2, 0.25) is 0 Å². The van der Waals surface area contributed by atoms with Crippen molar-refractivity contribution in [3.63, 3.8) is 0 Å². The fourth-order valence-corrected chi connectivity index (χ4v) is 6.46. The summed E-state index contributed by atoms with van der Waals surface area (Å²) in [5, 5.41) is 4.40. The summed E-state index contributed by atoms with van der Waals surface area (Å²) in [6.07, 6.45) is 5.06. The van der Waals surface area contributed by atoms with Crippen molar-refractivity contribution >= 4 is 29.1 Å². The lowest BCUT2D eigenvalue weighted by atomic mass is 10.0. The quantitative estimate of drug-likeness (QED) is 0.309. The highest BCUT2D eigenvalue weighted by Gasteiger charge is 2.40. The molecule has 0 unspecified atom stereocenters. The van der Waals surface area contributed by atoms with Crippen LogP contribution in [0.15, 0.2) is 84.9 Å². The van der Waals surface area contributed by atoms with Gasteiger partial charge in [-0.05, 0) is 58.7 Å². The van der Waals surface area contributed by atoms with Crippen molar-refractivity contribution < 1.29 is 13.6 Å². The monoisotopic (exact) mass is 416 g/mol. The lowest BCUT2D eigenvalue weighted by molar-refractivity contribution is 0.350. The van der Waals surface area contributed by atoms with E-state index >= 15 is 0 Å². The molecule has 0 spiro atoms. The van der Waals surface area contributed by atoms with Crippen molar-refractivity contribution in [3.8, 4) is 11.5 Å². The summed E-state index contributed by atoms with van der Waals surface area (Å²) in [5.41, 5.74) is -0.0795. The zero-order valence-electron chi connectivity index (χ0n) is 16.9. The van der Waals surface area contributed by atoms with E-state index in [1.165, 1.54) is 6.42 Å². The summed E-state index contributed by atoms with van der Waals surface area (Å²) in [4.78, 5) is 0. The number of fused-ring (bicyclic) bond motifs is 2. The minimum atomic E-state index is -3.39. The maximum atomic E-state index is 14.1. The van der Waals surface area contributed by atoms with Gasteiger partial charge in [-0.2, -0.15) is 0 Å². The van der Waals surface area contributed by atoms with Gasteiger partial charge in [-0.3, -0.25) is 0 Å². The summed E-state index contributed by atoms with van der Waals surface area (Å²) >= 11 is 0. The van der Waals surface area contributed by atoms with Gasteiger partial charge in [-0.25, -0.2) is 4.57 Å². The minimum Gasteiger partial charge on any atom is -0.416 e. The zero-order valence-corrected chi connectivity index (χ0v) is 17.8. The lowest BCUT2D eigenvalue weighted by Crippen LogP contribution is -2.19. The largest absolute Gasteiger partial charge is 0.433 e. The topological polar surface area (TPSA) is 35.5 Å². The SMILES string of the molecule is O=P(Oc1ccc2ccccc2c1)(Oc1ccc2ccccc2c1)C1CCCCC1. The van der Waals surface area contributed by atoms with Crippen LogP contribution in [-0.2, 0) is 4.57 Å². The molecule has 0 saturated heterocycles. The van der Waals surface area contributed by atoms with Crippen LogP contribution in [0.1, 0.15) is 32.1 Å². The second kappa shape index (κ2) is 8.16. The van der Waals surface area contributed by atoms with E-state index in [-0.39, 0.29) is 5.66 Å². The van der Waals surface area contributed by atoms with Crippen LogP contribution in [0.4, 0.5) is 0 Å². The summed E-state index contributed by atoms with van der Waals surface area (Å²) in [7, 11) is -3.39. The average molecular weight is 416 g/mol. The van der Waals surface area contributed by atoms with Crippen LogP contribution in [0, 0.1) is 0 Å². The molecule has 1 fully saturated rings. The number of hydrogen-bond acceptors (Lipinski definition) is 3. The third kappa shape index (κ3) is 3.95. The first-order valence-corrected chi connectivity index (χ1v) is 12.3. The van der Waals surface area contributed by atoms with E-state index in [0.717, 1.165) is 47.2 Å². The lowest BCUT2D eigenvalue weighted by Gasteiger charge is -2.30. The fourth-order valence-electron chi connectivity index (χ4n) is 4.31. The predicted octanol–water partition coefficient (Wildman–Crippen LogP) is 7.98. The Morgan fingerprint density at radius 2 is 1.07 bits per heavy atom. The number of hydrogen-bond donors (Lipinski definition) is 0. The normalized spacial score (nSPS) is 15.3. The Labute approximate surface area is 177 Å². The molecule has 1 aliphatic carbocycles. The molecule has 4 aromatic carbocycles. The Bertz CT molecular complexity index is 1140. The molecule has 1 aliphatic rings. The van der Waals surface area contributed by atoms with Gasteiger partial charge >= 0.3 is 7.60 Å². The van der Waals surface area contributed by atoms with Gasteiger partial charge in [0, 0.05) is 0 Å². The van der Waals surface area contributed by atoms with Gasteiger partial charge in [0.15, 0.2) is 0 Å². The first-order chi connectivity index (χ1) is 14.7. The second-order valence-electron chi connectivity index (χ2n) is 8.03. The Balaban J connectivity index is 1.49.